The molecule has 98 valence electrons. The first-order chi connectivity index (χ1) is 8.43. The SMILES string of the molecule is CC1CC(Nc2ccc(F)cc2)(C(=O)O)CN1C. The van der Waals surface area contributed by atoms with Crippen LogP contribution in [0.3, 0.4) is 0 Å². The maximum Gasteiger partial charge on any atom is 0.330 e. The Balaban J connectivity index is 2.22. The molecule has 2 N–H and O–H groups in total. The number of hydrogen-bond acceptors (Lipinski definition) is 3. The average molecular weight is 252 g/mol. The smallest absolute Gasteiger partial charge is 0.330 e. The van der Waals surface area contributed by atoms with Crippen molar-refractivity contribution in [2.75, 3.05) is 18.9 Å². The fourth-order valence-electron chi connectivity index (χ4n) is 2.41. The van der Waals surface area contributed by atoms with Gasteiger partial charge in [-0.05, 0) is 44.7 Å². The number of halogens is 1. The van der Waals surface area contributed by atoms with Crippen molar-refractivity contribution >= 4 is 11.7 Å². The van der Waals surface area contributed by atoms with Gasteiger partial charge in [-0.25, -0.2) is 9.18 Å². The van der Waals surface area contributed by atoms with Gasteiger partial charge in [-0.15, -0.1) is 0 Å². The first kappa shape index (κ1) is 12.8. The Bertz CT molecular complexity index is 437. The number of likely N-dealkylation sites (N-methyl/N-ethyl adjacent to an activating group) is 1. The largest absolute Gasteiger partial charge is 0.479 e. The molecule has 1 heterocycles. The zero-order valence-corrected chi connectivity index (χ0v) is 10.5. The molecule has 0 aromatic heterocycles. The first-order valence-corrected chi connectivity index (χ1v) is 5.90. The number of aliphatic carboxylic acids is 1. The van der Waals surface area contributed by atoms with E-state index in [1.807, 2.05) is 18.9 Å². The summed E-state index contributed by atoms with van der Waals surface area (Å²) in [7, 11) is 1.90. The quantitative estimate of drug-likeness (QED) is 0.861. The maximum atomic E-state index is 12.8. The van der Waals surface area contributed by atoms with Crippen LogP contribution in [0.5, 0.6) is 0 Å². The molecule has 0 bridgehead atoms. The van der Waals surface area contributed by atoms with Crippen LogP contribution in [0.1, 0.15) is 13.3 Å². The summed E-state index contributed by atoms with van der Waals surface area (Å²) in [4.78, 5) is 13.5. The molecule has 1 aromatic rings. The summed E-state index contributed by atoms with van der Waals surface area (Å²) < 4.78 is 12.8. The third kappa shape index (κ3) is 2.31. The number of carbonyl (C=O) groups is 1. The van der Waals surface area contributed by atoms with Gasteiger partial charge in [-0.3, -0.25) is 0 Å². The van der Waals surface area contributed by atoms with Gasteiger partial charge in [0.1, 0.15) is 11.4 Å². The van der Waals surface area contributed by atoms with E-state index in [9.17, 15) is 14.3 Å². The van der Waals surface area contributed by atoms with Crippen LogP contribution >= 0.6 is 0 Å². The molecule has 1 aliphatic rings. The average Bonchev–Trinajstić information content (AvgIpc) is 2.59. The van der Waals surface area contributed by atoms with Gasteiger partial charge in [-0.2, -0.15) is 0 Å². The number of hydrogen-bond donors (Lipinski definition) is 2. The highest BCUT2D eigenvalue weighted by Crippen LogP contribution is 2.30. The minimum Gasteiger partial charge on any atom is -0.479 e. The van der Waals surface area contributed by atoms with Gasteiger partial charge in [0, 0.05) is 18.3 Å². The van der Waals surface area contributed by atoms with E-state index in [0.29, 0.717) is 18.7 Å². The number of carboxylic acid groups (broad SMARTS) is 1. The molecule has 1 aliphatic heterocycles. The molecule has 4 nitrogen and oxygen atoms in total. The van der Waals surface area contributed by atoms with Crippen LogP contribution in [0, 0.1) is 5.82 Å². The van der Waals surface area contributed by atoms with Gasteiger partial charge in [0.05, 0.1) is 0 Å². The molecule has 5 heteroatoms. The van der Waals surface area contributed by atoms with Crippen molar-refractivity contribution in [2.45, 2.75) is 24.9 Å². The Morgan fingerprint density at radius 2 is 2.11 bits per heavy atom. The number of rotatable bonds is 3. The summed E-state index contributed by atoms with van der Waals surface area (Å²) in [5, 5.41) is 12.5. The molecule has 0 amide bonds. The number of anilines is 1. The van der Waals surface area contributed by atoms with Crippen molar-refractivity contribution in [3.8, 4) is 0 Å². The second-order valence-electron chi connectivity index (χ2n) is 4.99. The summed E-state index contributed by atoms with van der Waals surface area (Å²) in [6, 6.07) is 5.96. The molecule has 1 saturated heterocycles. The minimum absolute atomic E-state index is 0.203. The number of carboxylic acids is 1. The molecule has 2 unspecified atom stereocenters. The van der Waals surface area contributed by atoms with Crippen molar-refractivity contribution in [3.63, 3.8) is 0 Å². The lowest BCUT2D eigenvalue weighted by atomic mass is 9.96. The molecular formula is C13H17FN2O2. The van der Waals surface area contributed by atoms with E-state index in [0.717, 1.165) is 0 Å². The van der Waals surface area contributed by atoms with Gasteiger partial charge in [0.15, 0.2) is 0 Å². The van der Waals surface area contributed by atoms with E-state index in [4.69, 9.17) is 0 Å². The molecular weight excluding hydrogens is 235 g/mol. The van der Waals surface area contributed by atoms with Gasteiger partial charge in [0.25, 0.3) is 0 Å². The van der Waals surface area contributed by atoms with Crippen LogP contribution < -0.4 is 5.32 Å². The van der Waals surface area contributed by atoms with E-state index < -0.39 is 11.5 Å². The second kappa shape index (κ2) is 4.57. The zero-order valence-electron chi connectivity index (χ0n) is 10.5. The van der Waals surface area contributed by atoms with Crippen LogP contribution in [0.25, 0.3) is 0 Å². The fourth-order valence-corrected chi connectivity index (χ4v) is 2.41. The number of nitrogens with zero attached hydrogens (tertiary/aromatic N) is 1. The molecule has 0 spiro atoms. The van der Waals surface area contributed by atoms with Gasteiger partial charge >= 0.3 is 5.97 Å². The predicted octanol–water partition coefficient (Wildman–Crippen LogP) is 1.78. The van der Waals surface area contributed by atoms with Crippen molar-refractivity contribution in [1.29, 1.82) is 0 Å². The van der Waals surface area contributed by atoms with Crippen LogP contribution in [-0.4, -0.2) is 41.1 Å². The van der Waals surface area contributed by atoms with Gasteiger partial charge in [0.2, 0.25) is 0 Å². The van der Waals surface area contributed by atoms with Crippen LogP contribution in [0.15, 0.2) is 24.3 Å². The topological polar surface area (TPSA) is 52.6 Å². The molecule has 1 aromatic carbocycles. The molecule has 18 heavy (non-hydrogen) atoms. The molecule has 0 saturated carbocycles. The standard InChI is InChI=1S/C13H17FN2O2/c1-9-7-13(12(17)18,8-16(9)2)15-11-5-3-10(14)4-6-11/h3-6,9,15H,7-8H2,1-2H3,(H,17,18). The number of nitrogens with one attached hydrogen (secondary N) is 1. The Labute approximate surface area is 105 Å². The normalized spacial score (nSPS) is 28.3. The first-order valence-electron chi connectivity index (χ1n) is 5.90. The van der Waals surface area contributed by atoms with Crippen molar-refractivity contribution < 1.29 is 14.3 Å². The lowest BCUT2D eigenvalue weighted by molar-refractivity contribution is -0.141. The van der Waals surface area contributed by atoms with Crippen LogP contribution in [-0.2, 0) is 4.79 Å². The summed E-state index contributed by atoms with van der Waals surface area (Å²) in [5.74, 6) is -1.20. The maximum absolute atomic E-state index is 12.8. The van der Waals surface area contributed by atoms with E-state index in [1.165, 1.54) is 12.1 Å². The lowest BCUT2D eigenvalue weighted by Crippen LogP contribution is -2.48. The third-order valence-electron chi connectivity index (χ3n) is 3.55. The Kier molecular flexibility index (Phi) is 3.26. The molecule has 2 rings (SSSR count). The monoisotopic (exact) mass is 252 g/mol. The molecule has 0 radical (unpaired) electrons. The van der Waals surface area contributed by atoms with E-state index in [2.05, 4.69) is 5.32 Å². The number of benzene rings is 1. The van der Waals surface area contributed by atoms with E-state index >= 15 is 0 Å². The van der Waals surface area contributed by atoms with Gasteiger partial charge < -0.3 is 15.3 Å². The Morgan fingerprint density at radius 3 is 2.56 bits per heavy atom. The molecule has 0 aliphatic carbocycles. The van der Waals surface area contributed by atoms with Crippen LogP contribution in [0.2, 0.25) is 0 Å². The lowest BCUT2D eigenvalue weighted by Gasteiger charge is -2.26. The Morgan fingerprint density at radius 1 is 1.50 bits per heavy atom. The fraction of sp³-hybridized carbons (Fsp3) is 0.462. The minimum atomic E-state index is -0.994. The highest BCUT2D eigenvalue weighted by molar-refractivity contribution is 5.83. The van der Waals surface area contributed by atoms with Crippen molar-refractivity contribution in [2.24, 2.45) is 0 Å². The highest BCUT2D eigenvalue weighted by atomic mass is 19.1. The van der Waals surface area contributed by atoms with E-state index in [-0.39, 0.29) is 11.9 Å². The van der Waals surface area contributed by atoms with E-state index in [1.54, 1.807) is 12.1 Å². The summed E-state index contributed by atoms with van der Waals surface area (Å²) in [5.41, 5.74) is -0.368. The Hall–Kier alpha value is -1.62. The number of likely N-dealkylation sites (tertiary alicyclic amines) is 1. The zero-order chi connectivity index (χ0) is 13.3. The van der Waals surface area contributed by atoms with Crippen LogP contribution in [0.4, 0.5) is 10.1 Å². The summed E-state index contributed by atoms with van der Waals surface area (Å²) >= 11 is 0. The summed E-state index contributed by atoms with van der Waals surface area (Å²) in [6.07, 6.45) is 0.524. The highest BCUT2D eigenvalue weighted by Gasteiger charge is 2.47. The predicted molar refractivity (Wildman–Crippen MR) is 67.1 cm³/mol. The second-order valence-corrected chi connectivity index (χ2v) is 4.99. The molecule has 2 atom stereocenters. The third-order valence-corrected chi connectivity index (χ3v) is 3.55. The molecule has 1 fully saturated rings. The van der Waals surface area contributed by atoms with Crippen molar-refractivity contribution in [1.82, 2.24) is 4.90 Å². The summed E-state index contributed by atoms with van der Waals surface area (Å²) in [6.45, 7) is 2.43. The van der Waals surface area contributed by atoms with Gasteiger partial charge in [-0.1, -0.05) is 0 Å². The van der Waals surface area contributed by atoms with Crippen molar-refractivity contribution in [3.05, 3.63) is 30.1 Å².